The monoisotopic (exact) mass is 619 g/mol. The van der Waals surface area contributed by atoms with Crippen LogP contribution in [0.4, 0.5) is 0 Å². The van der Waals surface area contributed by atoms with Crippen LogP contribution >= 0.6 is 0 Å². The lowest BCUT2D eigenvalue weighted by molar-refractivity contribution is -0.144. The molecule has 1 aromatic rings. The summed E-state index contributed by atoms with van der Waals surface area (Å²) in [5.41, 5.74) is 10.9. The van der Waals surface area contributed by atoms with Crippen molar-refractivity contribution in [3.63, 3.8) is 0 Å². The third-order valence-corrected chi connectivity index (χ3v) is 9.10. The first-order valence-corrected chi connectivity index (χ1v) is 15.6. The van der Waals surface area contributed by atoms with Gasteiger partial charge in [0.15, 0.2) is 11.4 Å². The number of hydrogen-bond acceptors (Lipinski definition) is 9. The molecule has 0 saturated carbocycles. The molecular weight excluding hydrogens is 574 g/mol. The number of carbonyl (C=O) groups is 3. The van der Waals surface area contributed by atoms with Crippen LogP contribution in [0.5, 0.6) is 5.75 Å². The average molecular weight is 620 g/mol. The minimum atomic E-state index is -2.69. The Morgan fingerprint density at radius 2 is 1.84 bits per heavy atom. The van der Waals surface area contributed by atoms with Gasteiger partial charge in [0, 0.05) is 18.4 Å². The summed E-state index contributed by atoms with van der Waals surface area (Å²) in [5.74, 6) is -6.43. The Hall–Kier alpha value is -3.99. The molecule has 10 heteroatoms. The van der Waals surface area contributed by atoms with Gasteiger partial charge in [0.1, 0.15) is 22.8 Å². The minimum Gasteiger partial charge on any atom is -0.511 e. The van der Waals surface area contributed by atoms with Crippen molar-refractivity contribution in [1.29, 1.82) is 0 Å². The third-order valence-electron chi connectivity index (χ3n) is 9.10. The van der Waals surface area contributed by atoms with E-state index in [0.717, 1.165) is 36.1 Å². The number of aromatic hydroxyl groups is 1. The molecule has 9 N–H and O–H groups in total. The van der Waals surface area contributed by atoms with Crippen molar-refractivity contribution in [3.8, 4) is 5.75 Å². The predicted octanol–water partition coefficient (Wildman–Crippen LogP) is 4.13. The van der Waals surface area contributed by atoms with Gasteiger partial charge in [-0.05, 0) is 73.9 Å². The highest BCUT2D eigenvalue weighted by molar-refractivity contribution is 6.24. The number of fused-ring (bicyclic) bond motifs is 3. The van der Waals surface area contributed by atoms with Gasteiger partial charge in [0.05, 0.1) is 16.7 Å². The molecule has 4 rings (SSSR count). The number of hydrogen-bond donors (Lipinski definition) is 7. The summed E-state index contributed by atoms with van der Waals surface area (Å²) in [6.45, 7) is 11.1. The summed E-state index contributed by atoms with van der Waals surface area (Å²) in [5, 5.41) is 48.0. The van der Waals surface area contributed by atoms with Gasteiger partial charge in [-0.1, -0.05) is 57.6 Å². The van der Waals surface area contributed by atoms with Crippen LogP contribution in [0, 0.1) is 5.92 Å². The highest BCUT2D eigenvalue weighted by Gasteiger charge is 2.63. The summed E-state index contributed by atoms with van der Waals surface area (Å²) >= 11 is 0. The maximum absolute atomic E-state index is 14.2. The number of benzene rings is 1. The van der Waals surface area contributed by atoms with E-state index in [9.17, 15) is 34.8 Å². The molecule has 0 aromatic heterocycles. The lowest BCUT2D eigenvalue weighted by Crippen LogP contribution is -2.64. The summed E-state index contributed by atoms with van der Waals surface area (Å²) in [6.07, 6.45) is 7.96. The molecule has 242 valence electrons. The van der Waals surface area contributed by atoms with Crippen LogP contribution in [0.15, 0.2) is 64.2 Å². The second-order valence-electron chi connectivity index (χ2n) is 12.6. The number of aliphatic hydroxyl groups excluding tert-OH is 2. The molecule has 45 heavy (non-hydrogen) atoms. The SMILES string of the molecule is CC\C=C/C(C(=C\CC)/c1ccc(O)c2c1C[C@@]1(N)C[C@H]3CC(O)=C(C(N)=O)C(=O)[C@@]3(O)C(O)=C1C2=O)=C(\C)CCNC(C)C. The van der Waals surface area contributed by atoms with Gasteiger partial charge in [-0.3, -0.25) is 14.4 Å². The summed E-state index contributed by atoms with van der Waals surface area (Å²) in [7, 11) is 0. The van der Waals surface area contributed by atoms with Crippen LogP contribution in [-0.2, 0) is 16.0 Å². The molecule has 1 amide bonds. The zero-order valence-electron chi connectivity index (χ0n) is 26.7. The van der Waals surface area contributed by atoms with Crippen LogP contribution < -0.4 is 16.8 Å². The van der Waals surface area contributed by atoms with E-state index in [-0.39, 0.29) is 30.6 Å². The molecule has 1 aromatic carbocycles. The van der Waals surface area contributed by atoms with Crippen molar-refractivity contribution in [2.75, 3.05) is 6.54 Å². The van der Waals surface area contributed by atoms with Gasteiger partial charge in [-0.25, -0.2) is 0 Å². The van der Waals surface area contributed by atoms with E-state index in [1.807, 2.05) is 13.8 Å². The molecule has 0 aliphatic heterocycles. The summed E-state index contributed by atoms with van der Waals surface area (Å²) in [4.78, 5) is 39.5. The Balaban J connectivity index is 1.93. The molecule has 0 bridgehead atoms. The normalized spacial score (nSPS) is 25.9. The van der Waals surface area contributed by atoms with Crippen molar-refractivity contribution in [2.45, 2.75) is 90.3 Å². The maximum atomic E-state index is 14.2. The van der Waals surface area contributed by atoms with Gasteiger partial charge in [0.25, 0.3) is 5.91 Å². The zero-order chi connectivity index (χ0) is 33.4. The summed E-state index contributed by atoms with van der Waals surface area (Å²) in [6, 6.07) is 3.52. The van der Waals surface area contributed by atoms with E-state index < -0.39 is 57.2 Å². The highest BCUT2D eigenvalue weighted by atomic mass is 16.3. The third kappa shape index (κ3) is 5.78. The molecular formula is C35H45N3O7. The van der Waals surface area contributed by atoms with E-state index in [0.29, 0.717) is 23.6 Å². The molecule has 0 heterocycles. The van der Waals surface area contributed by atoms with E-state index in [4.69, 9.17) is 11.5 Å². The number of primary amides is 1. The highest BCUT2D eigenvalue weighted by Crippen LogP contribution is 2.53. The number of allylic oxidation sites excluding steroid dienone is 6. The van der Waals surface area contributed by atoms with Crippen LogP contribution in [0.3, 0.4) is 0 Å². The van der Waals surface area contributed by atoms with Crippen molar-refractivity contribution >= 4 is 23.0 Å². The number of aliphatic hydroxyl groups is 3. The first-order chi connectivity index (χ1) is 21.1. The van der Waals surface area contributed by atoms with Gasteiger partial charge >= 0.3 is 0 Å². The second kappa shape index (κ2) is 12.8. The molecule has 0 spiro atoms. The van der Waals surface area contributed by atoms with Crippen LogP contribution in [-0.4, -0.2) is 61.6 Å². The van der Waals surface area contributed by atoms with E-state index in [1.54, 1.807) is 6.07 Å². The van der Waals surface area contributed by atoms with E-state index in [2.05, 4.69) is 44.3 Å². The first-order valence-electron chi connectivity index (χ1n) is 15.6. The molecule has 0 radical (unpaired) electrons. The summed E-state index contributed by atoms with van der Waals surface area (Å²) < 4.78 is 0. The van der Waals surface area contributed by atoms with Gasteiger partial charge in [0.2, 0.25) is 5.78 Å². The molecule has 10 nitrogen and oxygen atoms in total. The van der Waals surface area contributed by atoms with E-state index >= 15 is 0 Å². The van der Waals surface area contributed by atoms with Crippen LogP contribution in [0.2, 0.25) is 0 Å². The number of phenolic OH excluding ortho intramolecular Hbond substituents is 1. The number of nitrogens with two attached hydrogens (primary N) is 2. The number of rotatable bonds is 10. The second-order valence-corrected chi connectivity index (χ2v) is 12.6. The maximum Gasteiger partial charge on any atom is 0.255 e. The van der Waals surface area contributed by atoms with Gasteiger partial charge in [-0.15, -0.1) is 0 Å². The predicted molar refractivity (Wildman–Crippen MR) is 172 cm³/mol. The zero-order valence-corrected chi connectivity index (χ0v) is 26.7. The Morgan fingerprint density at radius 1 is 1.16 bits per heavy atom. The van der Waals surface area contributed by atoms with Crippen molar-refractivity contribution < 1.29 is 34.8 Å². The fourth-order valence-electron chi connectivity index (χ4n) is 6.94. The molecule has 0 saturated heterocycles. The number of nitrogens with one attached hydrogen (secondary N) is 1. The lowest BCUT2D eigenvalue weighted by Gasteiger charge is -2.50. The van der Waals surface area contributed by atoms with Crippen LogP contribution in [0.1, 0.15) is 88.2 Å². The lowest BCUT2D eigenvalue weighted by atomic mass is 9.57. The first kappa shape index (κ1) is 33.9. The fraction of sp³-hybridized carbons (Fsp3) is 0.457. The molecule has 3 atom stereocenters. The quantitative estimate of drug-likeness (QED) is 0.149. The van der Waals surface area contributed by atoms with Crippen LogP contribution in [0.25, 0.3) is 5.57 Å². The number of Topliss-reactive ketones (excluding diaryl/α,β-unsaturated/α-hetero) is 2. The Kier molecular flexibility index (Phi) is 9.63. The fourth-order valence-corrected chi connectivity index (χ4v) is 6.94. The van der Waals surface area contributed by atoms with Crippen molar-refractivity contribution in [3.05, 3.63) is 80.9 Å². The number of carbonyl (C=O) groups excluding carboxylic acids is 3. The van der Waals surface area contributed by atoms with E-state index in [1.165, 1.54) is 6.07 Å². The topological polar surface area (TPSA) is 196 Å². The van der Waals surface area contributed by atoms with Crippen molar-refractivity contribution in [1.82, 2.24) is 5.32 Å². The Bertz CT molecular complexity index is 1600. The molecule has 0 unspecified atom stereocenters. The average Bonchev–Trinajstić information content (AvgIpc) is 2.94. The largest absolute Gasteiger partial charge is 0.511 e. The standard InChI is InChI=1S/C35H45N3O7/c1-6-8-10-21(19(5)13-14-38-18(3)4)22(9-7-2)23-11-12-25(39)27-24(23)17-34(37)16-20-15-26(40)28(33(36)44)31(42)35(20,45)32(43)29(34)30(27)41/h8-12,18,20,38-40,43,45H,6-7,13-17,37H2,1-5H3,(H2,36,44)/b10-8-,21-19-,22-9+/t20-,34+,35-/m1/s1. The van der Waals surface area contributed by atoms with Gasteiger partial charge in [-0.2, -0.15) is 0 Å². The van der Waals surface area contributed by atoms with Crippen molar-refractivity contribution in [2.24, 2.45) is 17.4 Å². The minimum absolute atomic E-state index is 0.00903. The smallest absolute Gasteiger partial charge is 0.255 e. The Labute approximate surface area is 263 Å². The molecule has 0 fully saturated rings. The Morgan fingerprint density at radius 3 is 2.44 bits per heavy atom. The molecule has 3 aliphatic carbocycles. The van der Waals surface area contributed by atoms with Gasteiger partial charge < -0.3 is 37.2 Å². The number of amides is 1. The number of phenols is 1. The molecule has 3 aliphatic rings. The number of ketones is 2.